The molecule has 6 heteroatoms. The average Bonchev–Trinajstić information content (AvgIpc) is 2.89. The monoisotopic (exact) mass is 383 g/mol. The summed E-state index contributed by atoms with van der Waals surface area (Å²) in [6.07, 6.45) is 1.59. The molecule has 2 aromatic rings. The summed E-state index contributed by atoms with van der Waals surface area (Å²) < 4.78 is 0.378. The van der Waals surface area contributed by atoms with E-state index in [-0.39, 0.29) is 12.3 Å². The van der Waals surface area contributed by atoms with Gasteiger partial charge in [0.1, 0.15) is 4.32 Å². The molecule has 1 atom stereocenters. The van der Waals surface area contributed by atoms with Crippen molar-refractivity contribution in [1.29, 1.82) is 0 Å². The van der Waals surface area contributed by atoms with Crippen molar-refractivity contribution in [3.05, 3.63) is 76.2 Å². The molecule has 1 heterocycles. The number of rotatable bonds is 5. The number of carbonyl (C=O) groups is 2. The first kappa shape index (κ1) is 18.4. The zero-order valence-corrected chi connectivity index (χ0v) is 15.7. The second-order valence-electron chi connectivity index (χ2n) is 5.99. The molecular formula is C20H17NO3S2. The van der Waals surface area contributed by atoms with Crippen LogP contribution < -0.4 is 0 Å². The summed E-state index contributed by atoms with van der Waals surface area (Å²) in [6, 6.07) is 16.3. The highest BCUT2D eigenvalue weighted by molar-refractivity contribution is 8.26. The van der Waals surface area contributed by atoms with Crippen LogP contribution in [-0.2, 0) is 9.59 Å². The number of carboxylic acids is 1. The lowest BCUT2D eigenvalue weighted by Crippen LogP contribution is -2.34. The van der Waals surface area contributed by atoms with Gasteiger partial charge in [0, 0.05) is 0 Å². The van der Waals surface area contributed by atoms with Crippen LogP contribution in [0.25, 0.3) is 6.08 Å². The van der Waals surface area contributed by atoms with E-state index >= 15 is 0 Å². The Hall–Kier alpha value is -2.44. The number of thiocarbonyl (C=S) groups is 1. The van der Waals surface area contributed by atoms with Crippen LogP contribution >= 0.6 is 24.0 Å². The van der Waals surface area contributed by atoms with E-state index in [0.29, 0.717) is 9.23 Å². The first-order valence-corrected chi connectivity index (χ1v) is 9.28. The molecule has 1 N–H and O–H groups in total. The van der Waals surface area contributed by atoms with E-state index < -0.39 is 12.0 Å². The van der Waals surface area contributed by atoms with Crippen LogP contribution in [0.5, 0.6) is 0 Å². The number of benzene rings is 2. The molecule has 0 unspecified atom stereocenters. The number of hydrogen-bond acceptors (Lipinski definition) is 4. The summed E-state index contributed by atoms with van der Waals surface area (Å²) in [5.41, 5.74) is 2.80. The minimum absolute atomic E-state index is 0.200. The molecule has 1 aliphatic heterocycles. The Morgan fingerprint density at radius 2 is 1.85 bits per heavy atom. The largest absolute Gasteiger partial charge is 0.481 e. The highest BCUT2D eigenvalue weighted by Crippen LogP contribution is 2.39. The van der Waals surface area contributed by atoms with E-state index in [9.17, 15) is 14.7 Å². The molecule has 132 valence electrons. The van der Waals surface area contributed by atoms with Crippen molar-refractivity contribution in [3.63, 3.8) is 0 Å². The van der Waals surface area contributed by atoms with Gasteiger partial charge >= 0.3 is 5.97 Å². The summed E-state index contributed by atoms with van der Waals surface area (Å²) >= 11 is 6.60. The lowest BCUT2D eigenvalue weighted by molar-refractivity contribution is -0.138. The lowest BCUT2D eigenvalue weighted by atomic mass is 10.0. The molecule has 26 heavy (non-hydrogen) atoms. The first-order valence-electron chi connectivity index (χ1n) is 8.06. The highest BCUT2D eigenvalue weighted by Gasteiger charge is 2.38. The molecule has 1 aliphatic rings. The second kappa shape index (κ2) is 7.85. The van der Waals surface area contributed by atoms with Crippen molar-refractivity contribution < 1.29 is 14.7 Å². The van der Waals surface area contributed by atoms with Gasteiger partial charge in [-0.15, -0.1) is 0 Å². The van der Waals surface area contributed by atoms with Crippen molar-refractivity contribution in [3.8, 4) is 0 Å². The van der Waals surface area contributed by atoms with Gasteiger partial charge in [0.15, 0.2) is 0 Å². The van der Waals surface area contributed by atoms with Crippen molar-refractivity contribution in [2.24, 2.45) is 0 Å². The van der Waals surface area contributed by atoms with Crippen LogP contribution in [0, 0.1) is 6.92 Å². The second-order valence-corrected chi connectivity index (χ2v) is 7.66. The molecule has 1 saturated heterocycles. The predicted molar refractivity (Wildman–Crippen MR) is 108 cm³/mol. The maximum atomic E-state index is 12.9. The third-order valence-electron chi connectivity index (χ3n) is 4.06. The molecule has 0 aromatic heterocycles. The maximum absolute atomic E-state index is 12.9. The fourth-order valence-corrected chi connectivity index (χ4v) is 4.12. The van der Waals surface area contributed by atoms with Gasteiger partial charge in [0.2, 0.25) is 0 Å². The van der Waals surface area contributed by atoms with Gasteiger partial charge in [-0.25, -0.2) is 0 Å². The van der Waals surface area contributed by atoms with E-state index in [2.05, 4.69) is 0 Å². The van der Waals surface area contributed by atoms with Crippen molar-refractivity contribution >= 4 is 46.3 Å². The molecule has 0 spiro atoms. The molecule has 0 bridgehead atoms. The molecule has 0 radical (unpaired) electrons. The van der Waals surface area contributed by atoms with Gasteiger partial charge in [-0.1, -0.05) is 84.1 Å². The van der Waals surface area contributed by atoms with Crippen LogP contribution in [0.2, 0.25) is 0 Å². The fraction of sp³-hybridized carbons (Fsp3) is 0.150. The minimum atomic E-state index is -0.976. The van der Waals surface area contributed by atoms with Crippen LogP contribution in [0.3, 0.4) is 0 Å². The molecule has 4 nitrogen and oxygen atoms in total. The van der Waals surface area contributed by atoms with Crippen LogP contribution in [0.4, 0.5) is 0 Å². The van der Waals surface area contributed by atoms with Crippen LogP contribution in [0.15, 0.2) is 59.5 Å². The quantitative estimate of drug-likeness (QED) is 0.612. The smallest absolute Gasteiger partial charge is 0.305 e. The zero-order chi connectivity index (χ0) is 18.7. The number of hydrogen-bond donors (Lipinski definition) is 1. The molecule has 1 amide bonds. The summed E-state index contributed by atoms with van der Waals surface area (Å²) in [6.45, 7) is 2.00. The summed E-state index contributed by atoms with van der Waals surface area (Å²) in [5, 5.41) is 9.30. The molecule has 0 saturated carbocycles. The SMILES string of the molecule is Cc1ccc(/C=C2/SC(=S)N([C@@H](CC(=O)O)c3ccccc3)C2=O)cc1. The highest BCUT2D eigenvalue weighted by atomic mass is 32.2. The molecule has 3 rings (SSSR count). The van der Waals surface area contributed by atoms with Crippen molar-refractivity contribution in [2.45, 2.75) is 19.4 Å². The predicted octanol–water partition coefficient (Wildman–Crippen LogP) is 4.41. The number of aliphatic carboxylic acids is 1. The number of aryl methyl sites for hydroxylation is 1. The van der Waals surface area contributed by atoms with Crippen LogP contribution in [-0.4, -0.2) is 26.2 Å². The molecule has 2 aromatic carbocycles. The Morgan fingerprint density at radius 3 is 2.46 bits per heavy atom. The third-order valence-corrected chi connectivity index (χ3v) is 5.39. The van der Waals surface area contributed by atoms with E-state index in [4.69, 9.17) is 12.2 Å². The number of amides is 1. The lowest BCUT2D eigenvalue weighted by Gasteiger charge is -2.26. The summed E-state index contributed by atoms with van der Waals surface area (Å²) in [5.74, 6) is -1.23. The first-order chi connectivity index (χ1) is 12.5. The van der Waals surface area contributed by atoms with Crippen molar-refractivity contribution in [2.75, 3.05) is 0 Å². The Labute approximate surface area is 161 Å². The van der Waals surface area contributed by atoms with Crippen LogP contribution in [0.1, 0.15) is 29.2 Å². The van der Waals surface area contributed by atoms with Gasteiger partial charge in [-0.2, -0.15) is 0 Å². The number of thioether (sulfide) groups is 1. The minimum Gasteiger partial charge on any atom is -0.481 e. The van der Waals surface area contributed by atoms with E-state index in [1.807, 2.05) is 61.5 Å². The Balaban J connectivity index is 1.93. The fourth-order valence-electron chi connectivity index (χ4n) is 2.76. The Morgan fingerprint density at radius 1 is 1.19 bits per heavy atom. The van der Waals surface area contributed by atoms with Crippen molar-refractivity contribution in [1.82, 2.24) is 4.90 Å². The van der Waals surface area contributed by atoms with E-state index in [1.54, 1.807) is 6.08 Å². The molecule has 0 aliphatic carbocycles. The molecular weight excluding hydrogens is 366 g/mol. The van der Waals surface area contributed by atoms with Gasteiger partial charge < -0.3 is 5.11 Å². The van der Waals surface area contributed by atoms with Gasteiger partial charge in [-0.05, 0) is 24.1 Å². The topological polar surface area (TPSA) is 57.6 Å². The zero-order valence-electron chi connectivity index (χ0n) is 14.1. The van der Waals surface area contributed by atoms with Gasteiger partial charge in [0.25, 0.3) is 5.91 Å². The van der Waals surface area contributed by atoms with Gasteiger partial charge in [0.05, 0.1) is 17.4 Å². The summed E-state index contributed by atoms with van der Waals surface area (Å²) in [7, 11) is 0. The van der Waals surface area contributed by atoms with Gasteiger partial charge in [-0.3, -0.25) is 14.5 Å². The Kier molecular flexibility index (Phi) is 5.54. The van der Waals surface area contributed by atoms with E-state index in [0.717, 1.165) is 16.7 Å². The standard InChI is InChI=1S/C20H17NO3S2/c1-13-7-9-14(10-8-13)11-17-19(24)21(20(25)26-17)16(12-18(22)23)15-5-3-2-4-6-15/h2-11,16H,12H2,1H3,(H,22,23)/b17-11+/t16-/m0/s1. The Bertz CT molecular complexity index is 876. The normalized spacial score (nSPS) is 17.0. The molecule has 1 fully saturated rings. The maximum Gasteiger partial charge on any atom is 0.305 e. The third kappa shape index (κ3) is 4.03. The summed E-state index contributed by atoms with van der Waals surface area (Å²) in [4.78, 5) is 26.2. The number of carboxylic acid groups (broad SMARTS) is 1. The number of nitrogens with zero attached hydrogens (tertiary/aromatic N) is 1. The van der Waals surface area contributed by atoms with E-state index in [1.165, 1.54) is 16.7 Å². The number of carbonyl (C=O) groups excluding carboxylic acids is 1. The average molecular weight is 383 g/mol.